The van der Waals surface area contributed by atoms with Crippen LogP contribution in [0.4, 0.5) is 5.82 Å². The van der Waals surface area contributed by atoms with Gasteiger partial charge in [0.05, 0.1) is 12.2 Å². The van der Waals surface area contributed by atoms with E-state index in [2.05, 4.69) is 10.3 Å². The van der Waals surface area contributed by atoms with Crippen molar-refractivity contribution in [1.29, 1.82) is 0 Å². The Morgan fingerprint density at radius 2 is 2.26 bits per heavy atom. The number of nitrogens with zero attached hydrogens (tertiary/aromatic N) is 2. The summed E-state index contributed by atoms with van der Waals surface area (Å²) in [5.74, 6) is -0.901. The Labute approximate surface area is 135 Å². The van der Waals surface area contributed by atoms with Crippen LogP contribution in [0.2, 0.25) is 0 Å². The Bertz CT molecular complexity index is 590. The second-order valence-electron chi connectivity index (χ2n) is 6.03. The Kier molecular flexibility index (Phi) is 5.20. The average Bonchev–Trinajstić information content (AvgIpc) is 2.92. The van der Waals surface area contributed by atoms with Crippen LogP contribution in [0.25, 0.3) is 0 Å². The normalized spacial score (nSPS) is 20.8. The molecule has 1 unspecified atom stereocenters. The van der Waals surface area contributed by atoms with Gasteiger partial charge in [0.2, 0.25) is 0 Å². The number of carboxylic acids is 1. The summed E-state index contributed by atoms with van der Waals surface area (Å²) in [5, 5.41) is 12.8. The lowest BCUT2D eigenvalue weighted by molar-refractivity contribution is -0.151. The number of rotatable bonds is 6. The lowest BCUT2D eigenvalue weighted by Gasteiger charge is -2.34. The van der Waals surface area contributed by atoms with Gasteiger partial charge in [-0.3, -0.25) is 4.79 Å². The quantitative estimate of drug-likeness (QED) is 0.827. The number of nitrogens with one attached hydrogen (secondary N) is 1. The van der Waals surface area contributed by atoms with E-state index >= 15 is 0 Å². The molecule has 0 saturated carbocycles. The number of anilines is 1. The summed E-state index contributed by atoms with van der Waals surface area (Å²) < 4.78 is 5.10. The molecule has 0 aliphatic carbocycles. The number of carboxylic acid groups (broad SMARTS) is 1. The molecule has 23 heavy (non-hydrogen) atoms. The summed E-state index contributed by atoms with van der Waals surface area (Å²) in [6, 6.07) is 3.45. The van der Waals surface area contributed by atoms with Crippen LogP contribution in [-0.4, -0.2) is 58.7 Å². The van der Waals surface area contributed by atoms with Crippen LogP contribution in [0.15, 0.2) is 18.3 Å². The molecule has 1 aliphatic rings. The first-order valence-electron chi connectivity index (χ1n) is 7.68. The fraction of sp³-hybridized carbons (Fsp3) is 0.562. The molecule has 0 aromatic carbocycles. The van der Waals surface area contributed by atoms with Crippen LogP contribution in [0.5, 0.6) is 0 Å². The van der Waals surface area contributed by atoms with Crippen LogP contribution < -0.4 is 5.32 Å². The summed E-state index contributed by atoms with van der Waals surface area (Å²) in [5.41, 5.74) is -0.929. The number of carbonyl (C=O) groups is 2. The fourth-order valence-electron chi connectivity index (χ4n) is 2.96. The number of likely N-dealkylation sites (tertiary alicyclic amines) is 1. The Balaban J connectivity index is 2.38. The van der Waals surface area contributed by atoms with E-state index in [1.165, 1.54) is 12.0 Å². The van der Waals surface area contributed by atoms with Crippen LogP contribution in [0.3, 0.4) is 0 Å². The number of carbonyl (C=O) groups excluding carboxylic acids is 1. The molecule has 2 heterocycles. The van der Waals surface area contributed by atoms with Gasteiger partial charge in [-0.1, -0.05) is 0 Å². The Morgan fingerprint density at radius 1 is 1.52 bits per heavy atom. The zero-order valence-corrected chi connectivity index (χ0v) is 13.7. The van der Waals surface area contributed by atoms with Gasteiger partial charge in [-0.25, -0.2) is 9.78 Å². The third-order valence-electron chi connectivity index (χ3n) is 3.98. The fourth-order valence-corrected chi connectivity index (χ4v) is 2.96. The van der Waals surface area contributed by atoms with E-state index < -0.39 is 11.5 Å². The maximum atomic E-state index is 13.0. The lowest BCUT2D eigenvalue weighted by atomic mass is 9.96. The summed E-state index contributed by atoms with van der Waals surface area (Å²) in [6.45, 7) is 4.27. The van der Waals surface area contributed by atoms with E-state index in [4.69, 9.17) is 4.74 Å². The molecular weight excluding hydrogens is 298 g/mol. The van der Waals surface area contributed by atoms with Crippen molar-refractivity contribution >= 4 is 17.7 Å². The number of aliphatic carboxylic acids is 1. The van der Waals surface area contributed by atoms with Crippen molar-refractivity contribution in [2.45, 2.75) is 38.3 Å². The molecule has 1 saturated heterocycles. The topological polar surface area (TPSA) is 91.8 Å². The van der Waals surface area contributed by atoms with Gasteiger partial charge in [-0.2, -0.15) is 0 Å². The van der Waals surface area contributed by atoms with Crippen molar-refractivity contribution in [3.8, 4) is 0 Å². The SMILES string of the molecule is COCC1(C(=O)O)CCCN1C(=O)c1cccnc1NC(C)C. The molecule has 126 valence electrons. The highest BCUT2D eigenvalue weighted by Crippen LogP contribution is 2.32. The van der Waals surface area contributed by atoms with Gasteiger partial charge in [0.15, 0.2) is 5.54 Å². The molecule has 1 amide bonds. The summed E-state index contributed by atoms with van der Waals surface area (Å²) >= 11 is 0. The molecular formula is C16H23N3O4. The monoisotopic (exact) mass is 321 g/mol. The number of amides is 1. The van der Waals surface area contributed by atoms with Gasteiger partial charge in [-0.05, 0) is 38.8 Å². The van der Waals surface area contributed by atoms with Gasteiger partial charge in [0.1, 0.15) is 5.82 Å². The van der Waals surface area contributed by atoms with Crippen molar-refractivity contribution < 1.29 is 19.4 Å². The van der Waals surface area contributed by atoms with Gasteiger partial charge < -0.3 is 20.1 Å². The highest BCUT2D eigenvalue weighted by Gasteiger charge is 2.50. The van der Waals surface area contributed by atoms with Crippen LogP contribution in [0, 0.1) is 0 Å². The maximum Gasteiger partial charge on any atom is 0.332 e. The van der Waals surface area contributed by atoms with Gasteiger partial charge in [0, 0.05) is 25.9 Å². The molecule has 7 nitrogen and oxygen atoms in total. The maximum absolute atomic E-state index is 13.0. The van der Waals surface area contributed by atoms with Gasteiger partial charge >= 0.3 is 5.97 Å². The summed E-state index contributed by atoms with van der Waals surface area (Å²) in [4.78, 5) is 30.4. The molecule has 1 aromatic rings. The van der Waals surface area contributed by atoms with E-state index in [-0.39, 0.29) is 18.6 Å². The predicted octanol–water partition coefficient (Wildman–Crippen LogP) is 1.61. The van der Waals surface area contributed by atoms with Crippen molar-refractivity contribution in [1.82, 2.24) is 9.88 Å². The number of hydrogen-bond acceptors (Lipinski definition) is 5. The van der Waals surface area contributed by atoms with Crippen LogP contribution in [0.1, 0.15) is 37.0 Å². The summed E-state index contributed by atoms with van der Waals surface area (Å²) in [7, 11) is 1.45. The smallest absolute Gasteiger partial charge is 0.332 e. The second kappa shape index (κ2) is 6.95. The zero-order valence-electron chi connectivity index (χ0n) is 13.7. The first-order chi connectivity index (χ1) is 10.9. The summed E-state index contributed by atoms with van der Waals surface area (Å²) in [6.07, 6.45) is 2.62. The molecule has 0 spiro atoms. The second-order valence-corrected chi connectivity index (χ2v) is 6.03. The van der Waals surface area contributed by atoms with Crippen molar-refractivity contribution in [3.63, 3.8) is 0 Å². The van der Waals surface area contributed by atoms with E-state index in [1.54, 1.807) is 18.3 Å². The lowest BCUT2D eigenvalue weighted by Crippen LogP contribution is -2.56. The minimum absolute atomic E-state index is 0.0265. The predicted molar refractivity (Wildman–Crippen MR) is 85.5 cm³/mol. The standard InChI is InChI=1S/C16H23N3O4/c1-11(2)18-13-12(6-4-8-17-13)14(20)19-9-5-7-16(19,10-23-3)15(21)22/h4,6,8,11H,5,7,9-10H2,1-3H3,(H,17,18)(H,21,22). The number of hydrogen-bond donors (Lipinski definition) is 2. The third kappa shape index (κ3) is 3.29. The highest BCUT2D eigenvalue weighted by molar-refractivity contribution is 6.01. The van der Waals surface area contributed by atoms with Gasteiger partial charge in [0.25, 0.3) is 5.91 Å². The van der Waals surface area contributed by atoms with Gasteiger partial charge in [-0.15, -0.1) is 0 Å². The zero-order chi connectivity index (χ0) is 17.0. The number of methoxy groups -OCH3 is 1. The Morgan fingerprint density at radius 3 is 2.87 bits per heavy atom. The van der Waals surface area contributed by atoms with Crippen LogP contribution in [-0.2, 0) is 9.53 Å². The molecule has 7 heteroatoms. The van der Waals surface area contributed by atoms with Crippen molar-refractivity contribution in [2.24, 2.45) is 0 Å². The first kappa shape index (κ1) is 17.2. The minimum atomic E-state index is -1.31. The molecule has 0 bridgehead atoms. The largest absolute Gasteiger partial charge is 0.479 e. The van der Waals surface area contributed by atoms with Crippen molar-refractivity contribution in [2.75, 3.05) is 25.6 Å². The third-order valence-corrected chi connectivity index (χ3v) is 3.98. The van der Waals surface area contributed by atoms with Crippen molar-refractivity contribution in [3.05, 3.63) is 23.9 Å². The highest BCUT2D eigenvalue weighted by atomic mass is 16.5. The molecule has 0 radical (unpaired) electrons. The Hall–Kier alpha value is -2.15. The molecule has 2 N–H and O–H groups in total. The minimum Gasteiger partial charge on any atom is -0.479 e. The van der Waals surface area contributed by atoms with E-state index in [9.17, 15) is 14.7 Å². The molecule has 1 aliphatic heterocycles. The number of pyridine rings is 1. The molecule has 1 atom stereocenters. The van der Waals surface area contributed by atoms with E-state index in [0.29, 0.717) is 30.8 Å². The molecule has 1 fully saturated rings. The van der Waals surface area contributed by atoms with Crippen LogP contribution >= 0.6 is 0 Å². The average molecular weight is 321 g/mol. The molecule has 1 aromatic heterocycles. The number of aromatic nitrogens is 1. The number of ether oxygens (including phenoxy) is 1. The van der Waals surface area contributed by atoms with E-state index in [0.717, 1.165) is 0 Å². The molecule has 2 rings (SSSR count). The first-order valence-corrected chi connectivity index (χ1v) is 7.68. The van der Waals surface area contributed by atoms with E-state index in [1.807, 2.05) is 13.8 Å².